The first-order chi connectivity index (χ1) is 39.6. The van der Waals surface area contributed by atoms with Gasteiger partial charge in [-0.15, -0.1) is 0 Å². The van der Waals surface area contributed by atoms with Gasteiger partial charge in [-0.3, -0.25) is 19.2 Å². The Morgan fingerprint density at radius 2 is 0.659 bits per heavy atom. The van der Waals surface area contributed by atoms with Gasteiger partial charge in [0.05, 0.1) is 32.9 Å². The second-order valence-electron chi connectivity index (χ2n) is 22.9. The number of para-hydroxylation sites is 5. The molecule has 0 fully saturated rings. The highest BCUT2D eigenvalue weighted by Gasteiger charge is 2.32. The van der Waals surface area contributed by atoms with Crippen molar-refractivity contribution in [1.82, 2.24) is 9.13 Å². The van der Waals surface area contributed by atoms with Gasteiger partial charge in [0.1, 0.15) is 44.5 Å². The lowest BCUT2D eigenvalue weighted by atomic mass is 9.84. The van der Waals surface area contributed by atoms with E-state index in [0.29, 0.717) is 98.0 Å². The molecule has 10 aromatic carbocycles. The predicted octanol–water partition coefficient (Wildman–Crippen LogP) is 16.2. The molecule has 0 bridgehead atoms. The van der Waals surface area contributed by atoms with Gasteiger partial charge < -0.3 is 17.7 Å². The summed E-state index contributed by atoms with van der Waals surface area (Å²) in [6.45, 7) is 25.1. The second kappa shape index (κ2) is 18.4. The Balaban J connectivity index is 1.39. The minimum Gasteiger partial charge on any atom is -0.456 e. The normalized spacial score (nSPS) is 12.7. The van der Waals surface area contributed by atoms with Crippen molar-refractivity contribution < 1.29 is 17.7 Å². The molecule has 0 N–H and O–H groups in total. The topological polar surface area (TPSA) is 131 Å². The molecule has 0 aliphatic rings. The Morgan fingerprint density at radius 1 is 0.354 bits per heavy atom. The highest BCUT2D eigenvalue weighted by atomic mass is 16.3. The number of nitrogens with zero attached hydrogens (tertiary/aromatic N) is 2. The van der Waals surface area contributed by atoms with Crippen LogP contribution >= 0.6 is 0 Å². The van der Waals surface area contributed by atoms with Gasteiger partial charge in [-0.05, 0) is 94.5 Å². The number of aromatic nitrogens is 2. The summed E-state index contributed by atoms with van der Waals surface area (Å²) in [4.78, 5) is 64.6. The van der Waals surface area contributed by atoms with E-state index in [9.17, 15) is 0 Å². The predicted molar refractivity (Wildman–Crippen MR) is 336 cm³/mol. The van der Waals surface area contributed by atoms with Crippen LogP contribution in [0.1, 0.15) is 101 Å². The molecule has 14 aromatic rings. The largest absolute Gasteiger partial charge is 0.456 e. The number of pyridine rings is 2. The molecular formula is C72H56N2O8. The fourth-order valence-corrected chi connectivity index (χ4v) is 13.0. The first kappa shape index (κ1) is 50.4. The van der Waals surface area contributed by atoms with Crippen molar-refractivity contribution in [3.8, 4) is 11.4 Å². The first-order valence-corrected chi connectivity index (χ1v) is 28.0. The summed E-state index contributed by atoms with van der Waals surface area (Å²) in [6.07, 6.45) is 3.32. The number of hydrogen-bond donors (Lipinski definition) is 0. The van der Waals surface area contributed by atoms with Crippen LogP contribution in [0, 0.1) is 0 Å². The van der Waals surface area contributed by atoms with Crippen molar-refractivity contribution in [3.63, 3.8) is 0 Å². The molecule has 0 radical (unpaired) electrons. The minimum absolute atomic E-state index is 0.0625. The zero-order valence-corrected chi connectivity index (χ0v) is 46.7. The number of rotatable bonds is 7. The van der Waals surface area contributed by atoms with Crippen LogP contribution in [0.25, 0.3) is 144 Å². The summed E-state index contributed by atoms with van der Waals surface area (Å²) in [5.74, 6) is -0.258. The third-order valence-corrected chi connectivity index (χ3v) is 16.8. The summed E-state index contributed by atoms with van der Waals surface area (Å²) in [6, 6.07) is 41.5. The van der Waals surface area contributed by atoms with Crippen LogP contribution in [0.15, 0.2) is 183 Å². The van der Waals surface area contributed by atoms with E-state index in [1.165, 1.54) is 9.13 Å². The fraction of sp³-hybridized carbons (Fsp3) is 0.167. The zero-order valence-electron chi connectivity index (χ0n) is 46.7. The Hall–Kier alpha value is -9.80. The Labute approximate surface area is 468 Å². The zero-order chi connectivity index (χ0) is 56.9. The van der Waals surface area contributed by atoms with Crippen LogP contribution in [0.5, 0.6) is 0 Å². The average Bonchev–Trinajstić information content (AvgIpc) is 1.00. The van der Waals surface area contributed by atoms with Crippen molar-refractivity contribution in [1.29, 1.82) is 0 Å². The fourth-order valence-electron chi connectivity index (χ4n) is 13.0. The molecule has 4 aromatic heterocycles. The van der Waals surface area contributed by atoms with E-state index < -0.39 is 22.2 Å². The van der Waals surface area contributed by atoms with Gasteiger partial charge in [0.25, 0.3) is 22.2 Å². The molecule has 0 saturated carbocycles. The van der Waals surface area contributed by atoms with Crippen molar-refractivity contribution in [2.24, 2.45) is 0 Å². The molecule has 82 heavy (non-hydrogen) atoms. The molecule has 0 saturated heterocycles. The second-order valence-corrected chi connectivity index (χ2v) is 22.9. The van der Waals surface area contributed by atoms with Gasteiger partial charge in [0.15, 0.2) is 0 Å². The number of benzene rings is 10. The quantitative estimate of drug-likeness (QED) is 0.114. The summed E-state index contributed by atoms with van der Waals surface area (Å²) in [5.41, 5.74) is 4.89. The van der Waals surface area contributed by atoms with E-state index in [1.54, 1.807) is 36.4 Å². The number of hydrogen-bond acceptors (Lipinski definition) is 8. The van der Waals surface area contributed by atoms with E-state index in [4.69, 9.17) is 17.7 Å². The monoisotopic (exact) mass is 1080 g/mol. The molecular weight excluding hydrogens is 1020 g/mol. The molecule has 0 aliphatic heterocycles. The standard InChI is InChI=1S/C72H56N2O8/c1-11-20-51-39(10)44-21-12-15-28-52(44)80-56-32-48-60-50(72(78)74(70(48)76)68-42(37(6)7)26-19-27-43(68)38(8)9)34-58-64-63-57(81-53-29-16-13-22-45(53)46-23-14-17-30-54(46)82-58)33-49-59-47(31-55(79-51)61(65(59)63)62(56)66(60)64)69(75)73(71(49)77)67-40(35(2)3)24-18-25-41(67)36(4)5/h11-38H,1,10H2,2-9H3/b51-20+. The molecule has 0 unspecified atom stereocenters. The van der Waals surface area contributed by atoms with Crippen LogP contribution in [0.4, 0.5) is 0 Å². The third-order valence-electron chi connectivity index (χ3n) is 16.8. The lowest BCUT2D eigenvalue weighted by molar-refractivity contribution is 0.565. The Kier molecular flexibility index (Phi) is 11.3. The van der Waals surface area contributed by atoms with Gasteiger partial charge in [-0.1, -0.05) is 166 Å². The van der Waals surface area contributed by atoms with Gasteiger partial charge in [0.2, 0.25) is 0 Å². The molecule has 4 heterocycles. The van der Waals surface area contributed by atoms with Crippen molar-refractivity contribution in [2.45, 2.75) is 79.1 Å². The summed E-state index contributed by atoms with van der Waals surface area (Å²) in [7, 11) is 0. The average molecular weight is 1080 g/mol. The van der Waals surface area contributed by atoms with Crippen molar-refractivity contribution in [3.05, 3.63) is 220 Å². The van der Waals surface area contributed by atoms with E-state index in [2.05, 4.69) is 68.5 Å². The molecule has 0 amide bonds. The minimum atomic E-state index is -0.544. The third kappa shape index (κ3) is 7.06. The van der Waals surface area contributed by atoms with E-state index in [-0.39, 0.29) is 67.5 Å². The molecule has 10 heteroatoms. The SMILES string of the molecule is C=C/C=c1/oc2cc3c(=O)n(-c4c(C(C)C)cccc4C(C)C)c(=O)c4cc5oc6ccccc6c6ccccc6oc6cc7c(=O)n(-c8c(C(C)C)cccc8C(C)C)c(=O)c8cc(oc9ccccc9c1=C)c1c2c(c34)c5c6c1c87. The lowest BCUT2D eigenvalue weighted by Crippen LogP contribution is -2.34. The van der Waals surface area contributed by atoms with E-state index >= 15 is 19.2 Å². The molecule has 0 aliphatic carbocycles. The van der Waals surface area contributed by atoms with Gasteiger partial charge >= 0.3 is 0 Å². The lowest BCUT2D eigenvalue weighted by Gasteiger charge is -2.23. The Morgan fingerprint density at radius 3 is 0.988 bits per heavy atom. The van der Waals surface area contributed by atoms with Gasteiger partial charge in [-0.2, -0.15) is 0 Å². The maximum atomic E-state index is 16.2. The van der Waals surface area contributed by atoms with Crippen LogP contribution in [-0.2, 0) is 0 Å². The maximum Gasteiger partial charge on any atom is 0.266 e. The number of fused-ring (bicyclic) bond motifs is 4. The summed E-state index contributed by atoms with van der Waals surface area (Å²) >= 11 is 0. The van der Waals surface area contributed by atoms with E-state index in [0.717, 1.165) is 22.3 Å². The molecule has 14 rings (SSSR count). The van der Waals surface area contributed by atoms with Crippen LogP contribution in [-0.4, -0.2) is 9.13 Å². The van der Waals surface area contributed by atoms with Crippen LogP contribution < -0.4 is 32.9 Å². The summed E-state index contributed by atoms with van der Waals surface area (Å²) < 4.78 is 32.1. The summed E-state index contributed by atoms with van der Waals surface area (Å²) in [5, 5.41) is 6.69. The van der Waals surface area contributed by atoms with Gasteiger partial charge in [0, 0.05) is 64.5 Å². The maximum absolute atomic E-state index is 16.2. The van der Waals surface area contributed by atoms with Crippen LogP contribution in [0.2, 0.25) is 0 Å². The van der Waals surface area contributed by atoms with Gasteiger partial charge in [-0.25, -0.2) is 9.13 Å². The Bertz CT molecular complexity index is 5570. The molecule has 0 spiro atoms. The van der Waals surface area contributed by atoms with Crippen molar-refractivity contribution in [2.75, 3.05) is 0 Å². The highest BCUT2D eigenvalue weighted by Crippen LogP contribution is 2.51. The highest BCUT2D eigenvalue weighted by molar-refractivity contribution is 6.47. The van der Waals surface area contributed by atoms with Crippen molar-refractivity contribution >= 4 is 133 Å². The first-order valence-electron chi connectivity index (χ1n) is 28.0. The van der Waals surface area contributed by atoms with Crippen LogP contribution in [0.3, 0.4) is 0 Å². The smallest absolute Gasteiger partial charge is 0.266 e. The molecule has 10 nitrogen and oxygen atoms in total. The molecule has 402 valence electrons. The molecule has 0 atom stereocenters. The van der Waals surface area contributed by atoms with E-state index in [1.807, 2.05) is 109 Å². The number of allylic oxidation sites excluding steroid dienone is 1.